The zero-order valence-electron chi connectivity index (χ0n) is 11.0. The first-order valence-electron chi connectivity index (χ1n) is 7.22. The van der Waals surface area contributed by atoms with Crippen LogP contribution in [0.3, 0.4) is 0 Å². The second kappa shape index (κ2) is 5.66. The van der Waals surface area contributed by atoms with Gasteiger partial charge in [-0.15, -0.1) is 0 Å². The molecule has 1 saturated carbocycles. The van der Waals surface area contributed by atoms with Crippen molar-refractivity contribution in [2.45, 2.75) is 36.4 Å². The average Bonchev–Trinajstić information content (AvgIpc) is 3.26. The van der Waals surface area contributed by atoms with E-state index in [0.717, 1.165) is 19.4 Å². The fourth-order valence-electron chi connectivity index (χ4n) is 3.08. The van der Waals surface area contributed by atoms with Crippen molar-refractivity contribution in [2.24, 2.45) is 11.8 Å². The van der Waals surface area contributed by atoms with Crippen LogP contribution in [0.2, 0.25) is 0 Å². The van der Waals surface area contributed by atoms with Crippen LogP contribution in [0.4, 0.5) is 0 Å². The van der Waals surface area contributed by atoms with Crippen molar-refractivity contribution in [1.82, 2.24) is 5.32 Å². The highest BCUT2D eigenvalue weighted by molar-refractivity contribution is 9.09. The van der Waals surface area contributed by atoms with Crippen LogP contribution in [-0.4, -0.2) is 17.3 Å². The lowest BCUT2D eigenvalue weighted by Crippen LogP contribution is -2.34. The van der Waals surface area contributed by atoms with E-state index in [0.29, 0.717) is 16.7 Å². The summed E-state index contributed by atoms with van der Waals surface area (Å²) in [7, 11) is 0. The van der Waals surface area contributed by atoms with Gasteiger partial charge in [-0.05, 0) is 43.1 Å². The predicted octanol–water partition coefficient (Wildman–Crippen LogP) is 3.47. The topological polar surface area (TPSA) is 29.1 Å². The van der Waals surface area contributed by atoms with Gasteiger partial charge in [0.15, 0.2) is 0 Å². The number of carbonyl (C=O) groups is 1. The summed E-state index contributed by atoms with van der Waals surface area (Å²) >= 11 is 3.78. The summed E-state index contributed by atoms with van der Waals surface area (Å²) in [6.07, 6.45) is 4.57. The maximum atomic E-state index is 12.2. The zero-order valence-corrected chi connectivity index (χ0v) is 12.6. The standard InChI is InChI=1S/C16H20BrNO/c17-15(12-6-7-12)14-10-13(8-9-18-16(14)19)11-4-2-1-3-5-11/h1-5,12-15H,6-10H2,(H,18,19). The van der Waals surface area contributed by atoms with Gasteiger partial charge < -0.3 is 5.32 Å². The first kappa shape index (κ1) is 13.2. The van der Waals surface area contributed by atoms with Gasteiger partial charge >= 0.3 is 0 Å². The maximum Gasteiger partial charge on any atom is 0.224 e. The van der Waals surface area contributed by atoms with Gasteiger partial charge in [-0.1, -0.05) is 46.3 Å². The smallest absolute Gasteiger partial charge is 0.224 e. The summed E-state index contributed by atoms with van der Waals surface area (Å²) in [5.41, 5.74) is 1.37. The fourth-order valence-corrected chi connectivity index (χ4v) is 4.06. The number of halogens is 1. The number of nitrogens with one attached hydrogen (secondary N) is 1. The summed E-state index contributed by atoms with van der Waals surface area (Å²) in [5.74, 6) is 1.58. The Bertz CT molecular complexity index is 443. The van der Waals surface area contributed by atoms with Crippen molar-refractivity contribution in [3.8, 4) is 0 Å². The first-order chi connectivity index (χ1) is 9.25. The van der Waals surface area contributed by atoms with E-state index >= 15 is 0 Å². The van der Waals surface area contributed by atoms with Crippen molar-refractivity contribution in [1.29, 1.82) is 0 Å². The number of amides is 1. The van der Waals surface area contributed by atoms with Gasteiger partial charge in [0, 0.05) is 11.4 Å². The van der Waals surface area contributed by atoms with Gasteiger partial charge in [0.05, 0.1) is 5.92 Å². The molecule has 0 spiro atoms. The summed E-state index contributed by atoms with van der Waals surface area (Å²) in [4.78, 5) is 12.6. The van der Waals surface area contributed by atoms with Crippen molar-refractivity contribution < 1.29 is 4.79 Å². The Morgan fingerprint density at radius 2 is 1.89 bits per heavy atom. The Kier molecular flexibility index (Phi) is 3.92. The Labute approximate surface area is 123 Å². The Balaban J connectivity index is 1.77. The lowest BCUT2D eigenvalue weighted by Gasteiger charge is -2.23. The Morgan fingerprint density at radius 1 is 1.16 bits per heavy atom. The highest BCUT2D eigenvalue weighted by Crippen LogP contribution is 2.43. The molecule has 1 aromatic rings. The lowest BCUT2D eigenvalue weighted by atomic mass is 9.85. The zero-order chi connectivity index (χ0) is 13.2. The first-order valence-corrected chi connectivity index (χ1v) is 8.14. The summed E-state index contributed by atoms with van der Waals surface area (Å²) in [6.45, 7) is 0.805. The third kappa shape index (κ3) is 3.02. The molecule has 1 aliphatic carbocycles. The van der Waals surface area contributed by atoms with Crippen LogP contribution in [0.25, 0.3) is 0 Å². The SMILES string of the molecule is O=C1NCCC(c2ccccc2)CC1C(Br)C1CC1. The fraction of sp³-hybridized carbons (Fsp3) is 0.562. The molecule has 3 rings (SSSR count). The molecule has 1 heterocycles. The number of benzene rings is 1. The second-order valence-corrected chi connectivity index (χ2v) is 6.87. The van der Waals surface area contributed by atoms with Gasteiger partial charge in [0.2, 0.25) is 5.91 Å². The molecule has 1 aliphatic heterocycles. The molecular weight excluding hydrogens is 302 g/mol. The Hall–Kier alpha value is -0.830. The molecular formula is C16H20BrNO. The molecule has 1 amide bonds. The average molecular weight is 322 g/mol. The van der Waals surface area contributed by atoms with Crippen LogP contribution in [0, 0.1) is 11.8 Å². The highest BCUT2D eigenvalue weighted by atomic mass is 79.9. The van der Waals surface area contributed by atoms with Gasteiger partial charge in [-0.2, -0.15) is 0 Å². The minimum atomic E-state index is 0.125. The van der Waals surface area contributed by atoms with E-state index in [1.165, 1.54) is 18.4 Å². The molecule has 1 N–H and O–H groups in total. The van der Waals surface area contributed by atoms with Gasteiger partial charge in [-0.25, -0.2) is 0 Å². The monoisotopic (exact) mass is 321 g/mol. The molecule has 1 saturated heterocycles. The van der Waals surface area contributed by atoms with Crippen LogP contribution in [0.1, 0.15) is 37.2 Å². The quantitative estimate of drug-likeness (QED) is 0.848. The minimum Gasteiger partial charge on any atom is -0.356 e. The molecule has 1 aromatic carbocycles. The molecule has 2 fully saturated rings. The maximum absolute atomic E-state index is 12.2. The number of hydrogen-bond donors (Lipinski definition) is 1. The van der Waals surface area contributed by atoms with Gasteiger partial charge in [0.1, 0.15) is 0 Å². The molecule has 0 aromatic heterocycles. The Morgan fingerprint density at radius 3 is 2.58 bits per heavy atom. The highest BCUT2D eigenvalue weighted by Gasteiger charge is 2.40. The van der Waals surface area contributed by atoms with Crippen LogP contribution in [0.15, 0.2) is 30.3 Å². The number of carbonyl (C=O) groups excluding carboxylic acids is 1. The number of rotatable bonds is 3. The molecule has 2 aliphatic rings. The van der Waals surface area contributed by atoms with Crippen molar-refractivity contribution in [3.63, 3.8) is 0 Å². The van der Waals surface area contributed by atoms with Gasteiger partial charge in [-0.3, -0.25) is 4.79 Å². The van der Waals surface area contributed by atoms with Crippen molar-refractivity contribution >= 4 is 21.8 Å². The van der Waals surface area contributed by atoms with E-state index in [2.05, 4.69) is 51.6 Å². The summed E-state index contributed by atoms with van der Waals surface area (Å²) in [6, 6.07) is 10.6. The van der Waals surface area contributed by atoms with E-state index in [1.54, 1.807) is 0 Å². The molecule has 102 valence electrons. The van der Waals surface area contributed by atoms with Crippen LogP contribution < -0.4 is 5.32 Å². The van der Waals surface area contributed by atoms with E-state index < -0.39 is 0 Å². The van der Waals surface area contributed by atoms with Crippen molar-refractivity contribution in [2.75, 3.05) is 6.54 Å². The van der Waals surface area contributed by atoms with Crippen LogP contribution in [0.5, 0.6) is 0 Å². The summed E-state index contributed by atoms with van der Waals surface area (Å²) < 4.78 is 0. The number of alkyl halides is 1. The molecule has 0 bridgehead atoms. The molecule has 3 unspecified atom stereocenters. The second-order valence-electron chi connectivity index (χ2n) is 5.81. The summed E-state index contributed by atoms with van der Waals surface area (Å²) in [5, 5.41) is 3.09. The minimum absolute atomic E-state index is 0.125. The van der Waals surface area contributed by atoms with Crippen LogP contribution in [-0.2, 0) is 4.79 Å². The van der Waals surface area contributed by atoms with Crippen LogP contribution >= 0.6 is 15.9 Å². The largest absolute Gasteiger partial charge is 0.356 e. The molecule has 0 radical (unpaired) electrons. The van der Waals surface area contributed by atoms with Gasteiger partial charge in [0.25, 0.3) is 0 Å². The van der Waals surface area contributed by atoms with E-state index in [-0.39, 0.29) is 11.8 Å². The normalized spacial score (nSPS) is 29.4. The molecule has 19 heavy (non-hydrogen) atoms. The number of hydrogen-bond acceptors (Lipinski definition) is 1. The van der Waals surface area contributed by atoms with E-state index in [9.17, 15) is 4.79 Å². The third-order valence-corrected chi connectivity index (χ3v) is 5.78. The molecule has 2 nitrogen and oxygen atoms in total. The third-order valence-electron chi connectivity index (χ3n) is 4.39. The van der Waals surface area contributed by atoms with Crippen molar-refractivity contribution in [3.05, 3.63) is 35.9 Å². The van der Waals surface area contributed by atoms with E-state index in [4.69, 9.17) is 0 Å². The molecule has 3 heteroatoms. The molecule has 3 atom stereocenters. The van der Waals surface area contributed by atoms with E-state index in [1.807, 2.05) is 0 Å². The lowest BCUT2D eigenvalue weighted by molar-refractivity contribution is -0.124. The predicted molar refractivity (Wildman–Crippen MR) is 80.4 cm³/mol.